The van der Waals surface area contributed by atoms with Gasteiger partial charge in [0, 0.05) is 25.3 Å². The number of carbonyl (C=O) groups excluding carboxylic acids is 1. The van der Waals surface area contributed by atoms with Crippen molar-refractivity contribution in [3.8, 4) is 0 Å². The van der Waals surface area contributed by atoms with Crippen molar-refractivity contribution in [2.45, 2.75) is 12.8 Å². The molecule has 1 amide bonds. The normalized spacial score (nSPS) is 16.2. The van der Waals surface area contributed by atoms with Crippen LogP contribution in [0.4, 0.5) is 5.82 Å². The number of carboxylic acid groups (broad SMARTS) is 1. The van der Waals surface area contributed by atoms with Gasteiger partial charge >= 0.3 is 5.97 Å². The molecule has 18 heavy (non-hydrogen) atoms. The fourth-order valence-electron chi connectivity index (χ4n) is 1.86. The molecule has 6 nitrogen and oxygen atoms in total. The molecule has 0 aliphatic carbocycles. The summed E-state index contributed by atoms with van der Waals surface area (Å²) < 4.78 is 5.17. The van der Waals surface area contributed by atoms with Crippen LogP contribution < -0.4 is 5.32 Å². The number of hydrogen-bond acceptors (Lipinski definition) is 4. The quantitative estimate of drug-likeness (QED) is 0.839. The maximum atomic E-state index is 11.9. The summed E-state index contributed by atoms with van der Waals surface area (Å²) in [5, 5.41) is 11.6. The highest BCUT2D eigenvalue weighted by atomic mass is 16.5. The van der Waals surface area contributed by atoms with Gasteiger partial charge in [-0.25, -0.2) is 9.78 Å². The van der Waals surface area contributed by atoms with Crippen molar-refractivity contribution in [2.24, 2.45) is 5.92 Å². The van der Waals surface area contributed by atoms with Crippen molar-refractivity contribution in [3.05, 3.63) is 23.9 Å². The van der Waals surface area contributed by atoms with E-state index >= 15 is 0 Å². The van der Waals surface area contributed by atoms with Gasteiger partial charge in [0.15, 0.2) is 0 Å². The van der Waals surface area contributed by atoms with E-state index in [1.165, 1.54) is 18.3 Å². The van der Waals surface area contributed by atoms with Crippen LogP contribution in [-0.2, 0) is 9.53 Å². The Labute approximate surface area is 104 Å². The van der Waals surface area contributed by atoms with Crippen LogP contribution >= 0.6 is 0 Å². The number of aromatic carboxylic acids is 1. The van der Waals surface area contributed by atoms with Crippen molar-refractivity contribution < 1.29 is 19.4 Å². The molecule has 0 atom stereocenters. The number of carbonyl (C=O) groups is 2. The molecule has 2 rings (SSSR count). The maximum Gasteiger partial charge on any atom is 0.339 e. The molecule has 0 bridgehead atoms. The summed E-state index contributed by atoms with van der Waals surface area (Å²) in [4.78, 5) is 26.8. The third-order valence-electron chi connectivity index (χ3n) is 2.87. The first-order chi connectivity index (χ1) is 8.68. The molecule has 0 spiro atoms. The molecular formula is C12H14N2O4. The molecule has 2 heterocycles. The topological polar surface area (TPSA) is 88.5 Å². The van der Waals surface area contributed by atoms with Crippen molar-refractivity contribution in [2.75, 3.05) is 18.5 Å². The lowest BCUT2D eigenvalue weighted by molar-refractivity contribution is -0.122. The Kier molecular flexibility index (Phi) is 3.88. The van der Waals surface area contributed by atoms with E-state index < -0.39 is 5.97 Å². The predicted molar refractivity (Wildman–Crippen MR) is 63.4 cm³/mol. The third-order valence-corrected chi connectivity index (χ3v) is 2.87. The highest BCUT2D eigenvalue weighted by molar-refractivity contribution is 5.99. The summed E-state index contributed by atoms with van der Waals surface area (Å²) in [6.07, 6.45) is 2.76. The van der Waals surface area contributed by atoms with Crippen molar-refractivity contribution in [1.29, 1.82) is 0 Å². The largest absolute Gasteiger partial charge is 0.478 e. The smallest absolute Gasteiger partial charge is 0.339 e. The van der Waals surface area contributed by atoms with E-state index in [2.05, 4.69) is 10.3 Å². The van der Waals surface area contributed by atoms with E-state index in [0.717, 1.165) is 0 Å². The minimum atomic E-state index is -1.11. The van der Waals surface area contributed by atoms with Gasteiger partial charge in [0.25, 0.3) is 0 Å². The predicted octanol–water partition coefficient (Wildman–Crippen LogP) is 1.14. The Morgan fingerprint density at radius 1 is 1.39 bits per heavy atom. The van der Waals surface area contributed by atoms with Gasteiger partial charge in [0.1, 0.15) is 11.4 Å². The number of amides is 1. The summed E-state index contributed by atoms with van der Waals surface area (Å²) >= 11 is 0. The maximum absolute atomic E-state index is 11.9. The van der Waals surface area contributed by atoms with Gasteiger partial charge in [-0.15, -0.1) is 0 Å². The van der Waals surface area contributed by atoms with Crippen LogP contribution in [-0.4, -0.2) is 35.2 Å². The molecule has 1 aromatic heterocycles. The minimum Gasteiger partial charge on any atom is -0.478 e. The van der Waals surface area contributed by atoms with Crippen LogP contribution in [0.25, 0.3) is 0 Å². The van der Waals surface area contributed by atoms with Crippen LogP contribution in [0.1, 0.15) is 23.2 Å². The molecule has 1 aliphatic rings. The number of rotatable bonds is 3. The molecule has 0 radical (unpaired) electrons. The number of pyridine rings is 1. The zero-order valence-corrected chi connectivity index (χ0v) is 9.76. The van der Waals surface area contributed by atoms with Crippen LogP contribution in [0.2, 0.25) is 0 Å². The summed E-state index contributed by atoms with van der Waals surface area (Å²) in [5.41, 5.74) is -0.00194. The van der Waals surface area contributed by atoms with E-state index in [1.54, 1.807) is 0 Å². The number of nitrogens with zero attached hydrogens (tertiary/aromatic N) is 1. The Balaban J connectivity index is 2.08. The van der Waals surface area contributed by atoms with Gasteiger partial charge < -0.3 is 15.2 Å². The standard InChI is InChI=1S/C12H14N2O4/c15-11(8-3-6-18-7-4-8)14-10-9(12(16)17)2-1-5-13-10/h1-2,5,8H,3-4,6-7H2,(H,16,17)(H,13,14,15). The number of aromatic nitrogens is 1. The zero-order valence-electron chi connectivity index (χ0n) is 9.76. The second kappa shape index (κ2) is 5.59. The molecule has 0 saturated carbocycles. The van der Waals surface area contributed by atoms with Crippen molar-refractivity contribution in [3.63, 3.8) is 0 Å². The van der Waals surface area contributed by atoms with E-state index in [4.69, 9.17) is 9.84 Å². The lowest BCUT2D eigenvalue weighted by atomic mass is 9.99. The number of carboxylic acids is 1. The lowest BCUT2D eigenvalue weighted by Gasteiger charge is -2.21. The fourth-order valence-corrected chi connectivity index (χ4v) is 1.86. The number of ether oxygens (including phenoxy) is 1. The van der Waals surface area contributed by atoms with Crippen LogP contribution in [0, 0.1) is 5.92 Å². The molecule has 1 aliphatic heterocycles. The van der Waals surface area contributed by atoms with Gasteiger partial charge in [0.2, 0.25) is 5.91 Å². The second-order valence-corrected chi connectivity index (χ2v) is 4.08. The van der Waals surface area contributed by atoms with Gasteiger partial charge in [0.05, 0.1) is 0 Å². The first kappa shape index (κ1) is 12.5. The van der Waals surface area contributed by atoms with E-state index in [-0.39, 0.29) is 23.2 Å². The molecule has 6 heteroatoms. The average molecular weight is 250 g/mol. The van der Waals surface area contributed by atoms with E-state index in [1.807, 2.05) is 0 Å². The summed E-state index contributed by atoms with van der Waals surface area (Å²) in [7, 11) is 0. The fraction of sp³-hybridized carbons (Fsp3) is 0.417. The van der Waals surface area contributed by atoms with Crippen LogP contribution in [0.3, 0.4) is 0 Å². The van der Waals surface area contributed by atoms with Crippen LogP contribution in [0.5, 0.6) is 0 Å². The van der Waals surface area contributed by atoms with Gasteiger partial charge in [-0.05, 0) is 25.0 Å². The SMILES string of the molecule is O=C(O)c1cccnc1NC(=O)C1CCOCC1. The Morgan fingerprint density at radius 2 is 2.11 bits per heavy atom. The molecule has 1 saturated heterocycles. The Bertz CT molecular complexity index is 455. The first-order valence-corrected chi connectivity index (χ1v) is 5.75. The van der Waals surface area contributed by atoms with Gasteiger partial charge in [-0.1, -0.05) is 0 Å². The van der Waals surface area contributed by atoms with Gasteiger partial charge in [-0.2, -0.15) is 0 Å². The third kappa shape index (κ3) is 2.84. The Morgan fingerprint density at radius 3 is 2.78 bits per heavy atom. The molecule has 0 aromatic carbocycles. The van der Waals surface area contributed by atoms with Crippen LogP contribution in [0.15, 0.2) is 18.3 Å². The lowest BCUT2D eigenvalue weighted by Crippen LogP contribution is -2.29. The van der Waals surface area contributed by atoms with E-state index in [0.29, 0.717) is 26.1 Å². The average Bonchev–Trinajstić information content (AvgIpc) is 2.40. The summed E-state index contributed by atoms with van der Waals surface area (Å²) in [5.74, 6) is -1.34. The van der Waals surface area contributed by atoms with Gasteiger partial charge in [-0.3, -0.25) is 4.79 Å². The highest BCUT2D eigenvalue weighted by Gasteiger charge is 2.23. The van der Waals surface area contributed by atoms with Crippen molar-refractivity contribution >= 4 is 17.7 Å². The number of anilines is 1. The second-order valence-electron chi connectivity index (χ2n) is 4.08. The zero-order chi connectivity index (χ0) is 13.0. The highest BCUT2D eigenvalue weighted by Crippen LogP contribution is 2.18. The first-order valence-electron chi connectivity index (χ1n) is 5.75. The molecule has 2 N–H and O–H groups in total. The molecule has 0 unspecified atom stereocenters. The molecule has 1 aromatic rings. The summed E-state index contributed by atoms with van der Waals surface area (Å²) in [6.45, 7) is 1.12. The molecule has 96 valence electrons. The van der Waals surface area contributed by atoms with Crippen molar-refractivity contribution in [1.82, 2.24) is 4.98 Å². The minimum absolute atomic E-state index is 0.00194. The van der Waals surface area contributed by atoms with E-state index in [9.17, 15) is 9.59 Å². The number of nitrogens with one attached hydrogen (secondary N) is 1. The monoisotopic (exact) mass is 250 g/mol. The molecular weight excluding hydrogens is 236 g/mol. The Hall–Kier alpha value is -1.95. The number of hydrogen-bond donors (Lipinski definition) is 2. The molecule has 1 fully saturated rings. The summed E-state index contributed by atoms with van der Waals surface area (Å²) in [6, 6.07) is 2.93.